The molecule has 0 aromatic carbocycles. The van der Waals surface area contributed by atoms with Crippen LogP contribution in [0.15, 0.2) is 18.3 Å². The molecule has 1 N–H and O–H groups in total. The first kappa shape index (κ1) is 10.9. The highest BCUT2D eigenvalue weighted by Crippen LogP contribution is 2.27. The number of nitrogens with one attached hydrogen (secondary N) is 1. The zero-order chi connectivity index (χ0) is 11.5. The first-order valence-electron chi connectivity index (χ1n) is 5.70. The molecule has 1 heterocycles. The van der Waals surface area contributed by atoms with Crippen LogP contribution in [0, 0.1) is 0 Å². The third-order valence-corrected chi connectivity index (χ3v) is 2.80. The average Bonchev–Trinajstić information content (AvgIpc) is 3.12. The van der Waals surface area contributed by atoms with Gasteiger partial charge >= 0.3 is 0 Å². The van der Waals surface area contributed by atoms with E-state index in [9.17, 15) is 4.79 Å². The van der Waals surface area contributed by atoms with E-state index in [4.69, 9.17) is 0 Å². The first-order valence-corrected chi connectivity index (χ1v) is 5.70. The van der Waals surface area contributed by atoms with Gasteiger partial charge in [-0.05, 0) is 31.9 Å². The molecule has 1 fully saturated rings. The Kier molecular flexibility index (Phi) is 3.08. The van der Waals surface area contributed by atoms with Crippen LogP contribution in [0.3, 0.4) is 0 Å². The number of nitrogens with zero attached hydrogens (tertiary/aromatic N) is 2. The van der Waals surface area contributed by atoms with Gasteiger partial charge in [-0.15, -0.1) is 0 Å². The Balaban J connectivity index is 2.20. The lowest BCUT2D eigenvalue weighted by Gasteiger charge is -2.18. The maximum Gasteiger partial charge on any atom is 0.257 e. The zero-order valence-corrected chi connectivity index (χ0v) is 9.73. The van der Waals surface area contributed by atoms with Crippen molar-refractivity contribution in [3.05, 3.63) is 23.9 Å². The predicted octanol–water partition coefficient (Wildman–Crippen LogP) is 1.75. The minimum atomic E-state index is 0.0616. The van der Waals surface area contributed by atoms with Gasteiger partial charge in [0.15, 0.2) is 0 Å². The second-order valence-corrected chi connectivity index (χ2v) is 4.08. The third-order valence-electron chi connectivity index (χ3n) is 2.80. The predicted molar refractivity (Wildman–Crippen MR) is 63.5 cm³/mol. The van der Waals surface area contributed by atoms with Gasteiger partial charge in [-0.2, -0.15) is 0 Å². The molecule has 0 bridgehead atoms. The first-order chi connectivity index (χ1) is 7.74. The number of aromatic nitrogens is 1. The second-order valence-electron chi connectivity index (χ2n) is 4.08. The van der Waals surface area contributed by atoms with Crippen molar-refractivity contribution in [3.63, 3.8) is 0 Å². The van der Waals surface area contributed by atoms with E-state index in [-0.39, 0.29) is 5.91 Å². The highest BCUT2D eigenvalue weighted by Gasteiger charge is 2.31. The van der Waals surface area contributed by atoms with Gasteiger partial charge in [-0.1, -0.05) is 0 Å². The fourth-order valence-electron chi connectivity index (χ4n) is 1.70. The van der Waals surface area contributed by atoms with Crippen molar-refractivity contribution in [3.8, 4) is 0 Å². The molecule has 0 atom stereocenters. The molecular weight excluding hydrogens is 202 g/mol. The van der Waals surface area contributed by atoms with Crippen LogP contribution in [0.2, 0.25) is 0 Å². The van der Waals surface area contributed by atoms with Gasteiger partial charge in [-0.3, -0.25) is 4.79 Å². The van der Waals surface area contributed by atoms with Crippen LogP contribution in [0.4, 0.5) is 5.82 Å². The fourth-order valence-corrected chi connectivity index (χ4v) is 1.70. The lowest BCUT2D eigenvalue weighted by atomic mass is 10.2. The van der Waals surface area contributed by atoms with Crippen molar-refractivity contribution < 1.29 is 4.79 Å². The smallest absolute Gasteiger partial charge is 0.257 e. The molecule has 1 amide bonds. The molecule has 0 radical (unpaired) electrons. The maximum atomic E-state index is 12.2. The van der Waals surface area contributed by atoms with Crippen LogP contribution < -0.4 is 5.32 Å². The molecule has 1 aliphatic rings. The van der Waals surface area contributed by atoms with E-state index in [0.29, 0.717) is 17.4 Å². The molecule has 4 heteroatoms. The minimum Gasteiger partial charge on any atom is -0.370 e. The van der Waals surface area contributed by atoms with Gasteiger partial charge in [0.2, 0.25) is 0 Å². The van der Waals surface area contributed by atoms with Gasteiger partial charge in [-0.25, -0.2) is 4.98 Å². The fraction of sp³-hybridized carbons (Fsp3) is 0.500. The molecule has 4 nitrogen and oxygen atoms in total. The summed E-state index contributed by atoms with van der Waals surface area (Å²) in [6.07, 6.45) is 3.95. The van der Waals surface area contributed by atoms with Gasteiger partial charge in [0.25, 0.3) is 5.91 Å². The molecular formula is C12H17N3O. The molecule has 0 saturated heterocycles. The normalized spacial score (nSPS) is 14.6. The van der Waals surface area contributed by atoms with Crippen LogP contribution in [0.5, 0.6) is 0 Å². The lowest BCUT2D eigenvalue weighted by molar-refractivity contribution is 0.0785. The van der Waals surface area contributed by atoms with Crippen molar-refractivity contribution in [1.82, 2.24) is 9.88 Å². The molecule has 0 spiro atoms. The highest BCUT2D eigenvalue weighted by molar-refractivity contribution is 5.98. The quantitative estimate of drug-likeness (QED) is 0.839. The van der Waals surface area contributed by atoms with Crippen LogP contribution >= 0.6 is 0 Å². The highest BCUT2D eigenvalue weighted by atomic mass is 16.2. The monoisotopic (exact) mass is 219 g/mol. The molecule has 16 heavy (non-hydrogen) atoms. The molecule has 86 valence electrons. The molecule has 1 aromatic heterocycles. The summed E-state index contributed by atoms with van der Waals surface area (Å²) in [5.74, 6) is 0.744. The van der Waals surface area contributed by atoms with Crippen molar-refractivity contribution in [2.45, 2.75) is 25.8 Å². The summed E-state index contributed by atoms with van der Waals surface area (Å²) < 4.78 is 0. The van der Waals surface area contributed by atoms with Crippen LogP contribution in [-0.2, 0) is 0 Å². The summed E-state index contributed by atoms with van der Waals surface area (Å²) in [7, 11) is 1.86. The number of carbonyl (C=O) groups is 1. The summed E-state index contributed by atoms with van der Waals surface area (Å²) >= 11 is 0. The van der Waals surface area contributed by atoms with E-state index in [1.807, 2.05) is 24.9 Å². The molecule has 1 saturated carbocycles. The summed E-state index contributed by atoms with van der Waals surface area (Å²) in [6.45, 7) is 2.76. The van der Waals surface area contributed by atoms with Gasteiger partial charge in [0.1, 0.15) is 5.82 Å². The van der Waals surface area contributed by atoms with Crippen molar-refractivity contribution in [2.24, 2.45) is 0 Å². The minimum absolute atomic E-state index is 0.0616. The van der Waals surface area contributed by atoms with E-state index in [0.717, 1.165) is 19.4 Å². The lowest BCUT2D eigenvalue weighted by Crippen LogP contribution is -2.29. The Hall–Kier alpha value is -1.58. The summed E-state index contributed by atoms with van der Waals surface area (Å²) in [5.41, 5.74) is 0.666. The number of pyridine rings is 1. The molecule has 0 unspecified atom stereocenters. The van der Waals surface area contributed by atoms with Gasteiger partial charge in [0, 0.05) is 25.8 Å². The number of rotatable bonds is 4. The molecule has 2 rings (SSSR count). The van der Waals surface area contributed by atoms with Crippen molar-refractivity contribution in [1.29, 1.82) is 0 Å². The summed E-state index contributed by atoms with van der Waals surface area (Å²) in [6, 6.07) is 4.06. The van der Waals surface area contributed by atoms with Crippen molar-refractivity contribution in [2.75, 3.05) is 18.9 Å². The Labute approximate surface area is 95.7 Å². The zero-order valence-electron chi connectivity index (χ0n) is 9.73. The van der Waals surface area contributed by atoms with Crippen LogP contribution in [0.1, 0.15) is 30.1 Å². The van der Waals surface area contributed by atoms with Crippen LogP contribution in [0.25, 0.3) is 0 Å². The van der Waals surface area contributed by atoms with Crippen LogP contribution in [-0.4, -0.2) is 35.4 Å². The molecule has 0 aliphatic heterocycles. The standard InChI is InChI=1S/C12H17N3O/c1-3-13-11-10(5-4-8-14-11)12(16)15(2)9-6-7-9/h4-5,8-9H,3,6-7H2,1-2H3,(H,13,14). The number of anilines is 1. The Morgan fingerprint density at radius 3 is 3.00 bits per heavy atom. The van der Waals surface area contributed by atoms with E-state index >= 15 is 0 Å². The van der Waals surface area contributed by atoms with E-state index < -0.39 is 0 Å². The molecule has 1 aliphatic carbocycles. The Morgan fingerprint density at radius 2 is 2.38 bits per heavy atom. The summed E-state index contributed by atoms with van der Waals surface area (Å²) in [5, 5.41) is 3.11. The summed E-state index contributed by atoms with van der Waals surface area (Å²) in [4.78, 5) is 18.2. The number of hydrogen-bond donors (Lipinski definition) is 1. The number of hydrogen-bond acceptors (Lipinski definition) is 3. The maximum absolute atomic E-state index is 12.2. The SMILES string of the molecule is CCNc1ncccc1C(=O)N(C)C1CC1. The largest absolute Gasteiger partial charge is 0.370 e. The number of carbonyl (C=O) groups excluding carboxylic acids is 1. The average molecular weight is 219 g/mol. The van der Waals surface area contributed by atoms with Gasteiger partial charge < -0.3 is 10.2 Å². The molecule has 1 aromatic rings. The van der Waals surface area contributed by atoms with Gasteiger partial charge in [0.05, 0.1) is 5.56 Å². The Morgan fingerprint density at radius 1 is 1.62 bits per heavy atom. The van der Waals surface area contributed by atoms with E-state index in [2.05, 4.69) is 10.3 Å². The van der Waals surface area contributed by atoms with Crippen molar-refractivity contribution >= 4 is 11.7 Å². The second kappa shape index (κ2) is 4.51. The number of amides is 1. The third kappa shape index (κ3) is 2.15. The Bertz CT molecular complexity index is 388. The topological polar surface area (TPSA) is 45.2 Å². The van der Waals surface area contributed by atoms with E-state index in [1.54, 1.807) is 12.3 Å². The van der Waals surface area contributed by atoms with E-state index in [1.165, 1.54) is 0 Å².